The van der Waals surface area contributed by atoms with Crippen LogP contribution in [0.5, 0.6) is 5.75 Å². The third-order valence-corrected chi connectivity index (χ3v) is 5.73. The van der Waals surface area contributed by atoms with Gasteiger partial charge in [-0.1, -0.05) is 24.3 Å². The molecule has 12 heteroatoms. The Kier molecular flexibility index (Phi) is 6.88. The van der Waals surface area contributed by atoms with Crippen molar-refractivity contribution in [1.82, 2.24) is 0 Å². The number of hydrogen-bond acceptors (Lipinski definition) is 8. The van der Waals surface area contributed by atoms with E-state index in [1.807, 2.05) is 0 Å². The molecule has 0 saturated heterocycles. The van der Waals surface area contributed by atoms with Crippen LogP contribution in [0.1, 0.15) is 15.9 Å². The van der Waals surface area contributed by atoms with Gasteiger partial charge in [-0.3, -0.25) is 20.3 Å². The average Bonchev–Trinajstić information content (AvgIpc) is 2.79. The fourth-order valence-corrected chi connectivity index (χ4v) is 3.88. The zero-order valence-corrected chi connectivity index (χ0v) is 17.9. The molecule has 0 saturated carbocycles. The normalized spacial score (nSPS) is 11.2. The Bertz CT molecular complexity index is 1340. The van der Waals surface area contributed by atoms with Crippen molar-refractivity contribution in [3.8, 4) is 5.75 Å². The first kappa shape index (κ1) is 23.2. The Labute approximate surface area is 188 Å². The zero-order chi connectivity index (χ0) is 24.0. The van der Waals surface area contributed by atoms with Gasteiger partial charge in [0.25, 0.3) is 15.7 Å². The molecule has 0 radical (unpaired) electrons. The number of hydrazone groups is 1. The Morgan fingerprint density at radius 1 is 1.09 bits per heavy atom. The lowest BCUT2D eigenvalue weighted by Gasteiger charge is -2.11. The Morgan fingerprint density at radius 2 is 1.85 bits per heavy atom. The van der Waals surface area contributed by atoms with Crippen LogP contribution in [0.2, 0.25) is 0 Å². The van der Waals surface area contributed by atoms with Gasteiger partial charge >= 0.3 is 5.97 Å². The average molecular weight is 470 g/mol. The van der Waals surface area contributed by atoms with Gasteiger partial charge in [-0.25, -0.2) is 13.2 Å². The molecule has 0 aliphatic carbocycles. The maximum absolute atomic E-state index is 12.7. The molecule has 0 fully saturated rings. The van der Waals surface area contributed by atoms with Crippen LogP contribution in [0, 0.1) is 10.1 Å². The number of hydrogen-bond donors (Lipinski definition) is 3. The van der Waals surface area contributed by atoms with Crippen LogP contribution in [0.4, 0.5) is 17.1 Å². The third-order valence-electron chi connectivity index (χ3n) is 4.37. The van der Waals surface area contributed by atoms with E-state index in [1.54, 1.807) is 24.3 Å². The van der Waals surface area contributed by atoms with Crippen LogP contribution in [-0.4, -0.2) is 37.7 Å². The topological polar surface area (TPSA) is 160 Å². The van der Waals surface area contributed by atoms with Crippen LogP contribution >= 0.6 is 0 Å². The summed E-state index contributed by atoms with van der Waals surface area (Å²) in [6, 6.07) is 15.5. The fourth-order valence-electron chi connectivity index (χ4n) is 2.78. The number of nitro groups is 1. The number of sulfonamides is 1. The quantitative estimate of drug-likeness (QED) is 0.243. The monoisotopic (exact) mass is 470 g/mol. The van der Waals surface area contributed by atoms with E-state index < -0.39 is 31.5 Å². The highest BCUT2D eigenvalue weighted by Gasteiger charge is 2.23. The summed E-state index contributed by atoms with van der Waals surface area (Å²) in [6.07, 6.45) is 1.42. The number of ether oxygens (including phenoxy) is 1. The summed E-state index contributed by atoms with van der Waals surface area (Å²) in [5.74, 6) is -0.718. The summed E-state index contributed by atoms with van der Waals surface area (Å²) in [6.45, 7) is 0. The second-order valence-electron chi connectivity index (χ2n) is 6.54. The zero-order valence-electron chi connectivity index (χ0n) is 17.1. The Morgan fingerprint density at radius 3 is 2.55 bits per heavy atom. The Balaban J connectivity index is 1.87. The van der Waals surface area contributed by atoms with Crippen LogP contribution in [-0.2, 0) is 10.0 Å². The smallest absolute Gasteiger partial charge is 0.337 e. The summed E-state index contributed by atoms with van der Waals surface area (Å²) < 4.78 is 32.7. The van der Waals surface area contributed by atoms with E-state index in [2.05, 4.69) is 15.2 Å². The van der Waals surface area contributed by atoms with Gasteiger partial charge in [-0.2, -0.15) is 5.10 Å². The van der Waals surface area contributed by atoms with Crippen molar-refractivity contribution < 1.29 is 28.0 Å². The first-order chi connectivity index (χ1) is 15.7. The van der Waals surface area contributed by atoms with Crippen LogP contribution in [0.3, 0.4) is 0 Å². The summed E-state index contributed by atoms with van der Waals surface area (Å²) in [4.78, 5) is 21.7. The lowest BCUT2D eigenvalue weighted by Crippen LogP contribution is -2.16. The van der Waals surface area contributed by atoms with Gasteiger partial charge in [0.2, 0.25) is 0 Å². The molecule has 3 aromatic rings. The lowest BCUT2D eigenvalue weighted by molar-refractivity contribution is -0.384. The fraction of sp³-hybridized carbons (Fsp3) is 0.0476. The molecule has 0 aromatic heterocycles. The van der Waals surface area contributed by atoms with E-state index in [0.717, 1.165) is 12.1 Å². The van der Waals surface area contributed by atoms with Gasteiger partial charge in [0, 0.05) is 6.07 Å². The maximum atomic E-state index is 12.7. The molecule has 0 spiro atoms. The molecule has 0 bridgehead atoms. The van der Waals surface area contributed by atoms with Gasteiger partial charge in [0.15, 0.2) is 0 Å². The van der Waals surface area contributed by atoms with Crippen molar-refractivity contribution >= 4 is 39.3 Å². The predicted octanol–water partition coefficient (Wildman–Crippen LogP) is 3.55. The minimum atomic E-state index is -4.31. The highest BCUT2D eigenvalue weighted by atomic mass is 32.2. The number of carboxylic acids is 1. The van der Waals surface area contributed by atoms with Gasteiger partial charge in [-0.05, 0) is 42.0 Å². The number of aromatic carboxylic acids is 1. The highest BCUT2D eigenvalue weighted by molar-refractivity contribution is 7.92. The molecule has 0 amide bonds. The molecule has 11 nitrogen and oxygen atoms in total. The number of anilines is 2. The van der Waals surface area contributed by atoms with Gasteiger partial charge in [0.1, 0.15) is 11.4 Å². The summed E-state index contributed by atoms with van der Waals surface area (Å²) in [5.41, 5.74) is 2.19. The molecule has 0 unspecified atom stereocenters. The first-order valence-electron chi connectivity index (χ1n) is 9.28. The number of para-hydroxylation sites is 1. The van der Waals surface area contributed by atoms with Crippen LogP contribution < -0.4 is 14.9 Å². The molecule has 0 atom stereocenters. The number of methoxy groups -OCH3 is 1. The molecule has 0 heterocycles. The van der Waals surface area contributed by atoms with E-state index in [1.165, 1.54) is 43.7 Å². The number of benzene rings is 3. The van der Waals surface area contributed by atoms with E-state index in [4.69, 9.17) is 4.74 Å². The van der Waals surface area contributed by atoms with E-state index >= 15 is 0 Å². The summed E-state index contributed by atoms with van der Waals surface area (Å²) >= 11 is 0. The second-order valence-corrected chi connectivity index (χ2v) is 8.22. The number of nitrogens with one attached hydrogen (secondary N) is 2. The number of nitro benzene ring substituents is 1. The van der Waals surface area contributed by atoms with E-state index in [9.17, 15) is 28.4 Å². The number of carboxylic acid groups (broad SMARTS) is 1. The molecular formula is C21H18N4O7S. The largest absolute Gasteiger partial charge is 0.497 e. The summed E-state index contributed by atoms with van der Waals surface area (Å²) in [7, 11) is -2.79. The number of carbonyl (C=O) groups is 1. The highest BCUT2D eigenvalue weighted by Crippen LogP contribution is 2.29. The second kappa shape index (κ2) is 9.78. The minimum Gasteiger partial charge on any atom is -0.497 e. The maximum Gasteiger partial charge on any atom is 0.337 e. The van der Waals surface area contributed by atoms with Crippen molar-refractivity contribution in [1.29, 1.82) is 0 Å². The molecule has 3 rings (SSSR count). The van der Waals surface area contributed by atoms with Crippen LogP contribution in [0.25, 0.3) is 0 Å². The van der Waals surface area contributed by atoms with Crippen molar-refractivity contribution in [2.75, 3.05) is 17.3 Å². The van der Waals surface area contributed by atoms with Crippen molar-refractivity contribution in [2.45, 2.75) is 4.90 Å². The molecule has 3 N–H and O–H groups in total. The Hall–Kier alpha value is -4.45. The van der Waals surface area contributed by atoms with Crippen molar-refractivity contribution in [2.24, 2.45) is 5.10 Å². The lowest BCUT2D eigenvalue weighted by atomic mass is 10.2. The molecule has 0 aliphatic heterocycles. The van der Waals surface area contributed by atoms with Crippen LogP contribution in [0.15, 0.2) is 76.7 Å². The van der Waals surface area contributed by atoms with E-state index in [-0.39, 0.29) is 16.9 Å². The van der Waals surface area contributed by atoms with E-state index in [0.29, 0.717) is 11.3 Å². The number of nitrogens with zero attached hydrogens (tertiary/aromatic N) is 2. The van der Waals surface area contributed by atoms with Gasteiger partial charge < -0.3 is 9.84 Å². The first-order valence-corrected chi connectivity index (χ1v) is 10.8. The van der Waals surface area contributed by atoms with Crippen molar-refractivity contribution in [3.63, 3.8) is 0 Å². The van der Waals surface area contributed by atoms with Crippen molar-refractivity contribution in [3.05, 3.63) is 88.0 Å². The van der Waals surface area contributed by atoms with Gasteiger partial charge in [0.05, 0.1) is 34.4 Å². The van der Waals surface area contributed by atoms with Gasteiger partial charge in [-0.15, -0.1) is 0 Å². The SMILES string of the molecule is COc1cccc(/C=N\Nc2ccc(S(=O)(=O)Nc3ccccc3C(=O)O)cc2[N+](=O)[O-])c1. The molecule has 0 aliphatic rings. The molecule has 3 aromatic carbocycles. The summed E-state index contributed by atoms with van der Waals surface area (Å²) in [5, 5.41) is 24.7. The molecule has 33 heavy (non-hydrogen) atoms. The predicted molar refractivity (Wildman–Crippen MR) is 122 cm³/mol. The molecular weight excluding hydrogens is 452 g/mol. The minimum absolute atomic E-state index is 0.0379. The number of rotatable bonds is 9. The molecule has 170 valence electrons. The third kappa shape index (κ3) is 5.62. The standard InChI is InChI=1S/C21H18N4O7S/c1-32-15-6-4-5-14(11-15)13-22-23-19-10-9-16(12-20(19)25(28)29)33(30,31)24-18-8-3-2-7-17(18)21(26)27/h2-13,23-24H,1H3,(H,26,27)/b22-13-.